The first-order valence-electron chi connectivity index (χ1n) is 6.31. The predicted octanol–water partition coefficient (Wildman–Crippen LogP) is 2.80. The van der Waals surface area contributed by atoms with E-state index in [-0.39, 0.29) is 11.6 Å². The molecular formula is C15H12N2O3. The first kappa shape index (κ1) is 12.3. The lowest BCUT2D eigenvalue weighted by Crippen LogP contribution is -2.28. The average molecular weight is 268 g/mol. The Bertz CT molecular complexity index is 683. The van der Waals surface area contributed by atoms with Crippen molar-refractivity contribution < 1.29 is 9.72 Å². The van der Waals surface area contributed by atoms with Crippen LogP contribution in [0.3, 0.4) is 0 Å². The maximum atomic E-state index is 12.4. The summed E-state index contributed by atoms with van der Waals surface area (Å²) in [6.45, 7) is 0.560. The van der Waals surface area contributed by atoms with Crippen molar-refractivity contribution >= 4 is 17.3 Å². The van der Waals surface area contributed by atoms with Gasteiger partial charge in [0.25, 0.3) is 11.6 Å². The molecule has 0 aliphatic carbocycles. The van der Waals surface area contributed by atoms with Crippen molar-refractivity contribution in [2.24, 2.45) is 0 Å². The minimum absolute atomic E-state index is 0.0674. The topological polar surface area (TPSA) is 63.5 Å². The Hall–Kier alpha value is -2.69. The highest BCUT2D eigenvalue weighted by molar-refractivity contribution is 6.07. The maximum Gasteiger partial charge on any atom is 0.269 e. The van der Waals surface area contributed by atoms with Crippen molar-refractivity contribution in [3.63, 3.8) is 0 Å². The van der Waals surface area contributed by atoms with Crippen molar-refractivity contribution in [1.29, 1.82) is 0 Å². The van der Waals surface area contributed by atoms with Gasteiger partial charge in [0.15, 0.2) is 0 Å². The second-order valence-corrected chi connectivity index (χ2v) is 4.64. The normalized spacial score (nSPS) is 13.1. The molecule has 0 saturated heterocycles. The van der Waals surface area contributed by atoms with Crippen LogP contribution in [0.4, 0.5) is 11.4 Å². The molecule has 2 aromatic rings. The second-order valence-electron chi connectivity index (χ2n) is 4.64. The summed E-state index contributed by atoms with van der Waals surface area (Å²) in [6, 6.07) is 13.7. The zero-order valence-corrected chi connectivity index (χ0v) is 10.7. The van der Waals surface area contributed by atoms with Crippen LogP contribution in [0.1, 0.15) is 15.9 Å². The van der Waals surface area contributed by atoms with Gasteiger partial charge in [-0.2, -0.15) is 0 Å². The number of hydrogen-bond acceptors (Lipinski definition) is 3. The predicted molar refractivity (Wildman–Crippen MR) is 74.9 cm³/mol. The van der Waals surface area contributed by atoms with E-state index in [0.29, 0.717) is 18.5 Å². The number of nitrogens with zero attached hydrogens (tertiary/aromatic N) is 2. The van der Waals surface area contributed by atoms with Crippen LogP contribution < -0.4 is 4.90 Å². The van der Waals surface area contributed by atoms with E-state index in [9.17, 15) is 14.9 Å². The number of hydrogen-bond donors (Lipinski definition) is 0. The lowest BCUT2D eigenvalue weighted by atomic mass is 10.1. The maximum absolute atomic E-state index is 12.4. The van der Waals surface area contributed by atoms with Crippen molar-refractivity contribution in [2.75, 3.05) is 11.4 Å². The summed E-state index contributed by atoms with van der Waals surface area (Å²) in [6.07, 6.45) is 0.648. The van der Waals surface area contributed by atoms with Crippen LogP contribution in [-0.4, -0.2) is 17.4 Å². The molecule has 5 heteroatoms. The summed E-state index contributed by atoms with van der Waals surface area (Å²) in [4.78, 5) is 24.4. The van der Waals surface area contributed by atoms with E-state index in [4.69, 9.17) is 0 Å². The SMILES string of the molecule is O=C(c1ccccc1)N1CCc2cc([N+](=O)[O-])ccc21. The molecule has 5 nitrogen and oxygen atoms in total. The van der Waals surface area contributed by atoms with Crippen LogP contribution in [0.25, 0.3) is 0 Å². The number of non-ortho nitro benzene ring substituents is 1. The van der Waals surface area contributed by atoms with Crippen LogP contribution in [0.15, 0.2) is 48.5 Å². The number of amides is 1. The van der Waals surface area contributed by atoms with Gasteiger partial charge in [0, 0.05) is 29.9 Å². The first-order valence-corrected chi connectivity index (χ1v) is 6.31. The van der Waals surface area contributed by atoms with Crippen LogP contribution in [0, 0.1) is 10.1 Å². The Morgan fingerprint density at radius 2 is 1.90 bits per heavy atom. The van der Waals surface area contributed by atoms with Gasteiger partial charge in [-0.15, -0.1) is 0 Å². The molecule has 0 bridgehead atoms. The number of rotatable bonds is 2. The summed E-state index contributed by atoms with van der Waals surface area (Å²) in [5, 5.41) is 10.8. The molecule has 0 fully saturated rings. The molecule has 0 radical (unpaired) electrons. The molecule has 1 aliphatic heterocycles. The fourth-order valence-electron chi connectivity index (χ4n) is 2.45. The third-order valence-corrected chi connectivity index (χ3v) is 3.44. The standard InChI is InChI=1S/C15H12N2O3/c18-15(11-4-2-1-3-5-11)16-9-8-12-10-13(17(19)20)6-7-14(12)16/h1-7,10H,8-9H2. The lowest BCUT2D eigenvalue weighted by molar-refractivity contribution is -0.384. The highest BCUT2D eigenvalue weighted by atomic mass is 16.6. The quantitative estimate of drug-likeness (QED) is 0.621. The fraction of sp³-hybridized carbons (Fsp3) is 0.133. The van der Waals surface area contributed by atoms with Gasteiger partial charge in [0.05, 0.1) is 4.92 Å². The minimum atomic E-state index is -0.415. The molecule has 0 spiro atoms. The van der Waals surface area contributed by atoms with E-state index in [1.165, 1.54) is 6.07 Å². The molecule has 3 rings (SSSR count). The largest absolute Gasteiger partial charge is 0.308 e. The molecule has 20 heavy (non-hydrogen) atoms. The summed E-state index contributed by atoms with van der Waals surface area (Å²) in [5.41, 5.74) is 2.31. The monoisotopic (exact) mass is 268 g/mol. The van der Waals surface area contributed by atoms with Crippen LogP contribution >= 0.6 is 0 Å². The van der Waals surface area contributed by atoms with Gasteiger partial charge in [-0.05, 0) is 30.2 Å². The molecule has 0 atom stereocenters. The fourth-order valence-corrected chi connectivity index (χ4v) is 2.45. The van der Waals surface area contributed by atoms with Crippen molar-refractivity contribution in [3.05, 3.63) is 69.8 Å². The number of nitro benzene ring substituents is 1. The van der Waals surface area contributed by atoms with Crippen molar-refractivity contribution in [3.8, 4) is 0 Å². The molecule has 0 N–H and O–H groups in total. The average Bonchev–Trinajstić information content (AvgIpc) is 2.90. The Labute approximate surface area is 115 Å². The number of carbonyl (C=O) groups is 1. The van der Waals surface area contributed by atoms with Gasteiger partial charge in [0.1, 0.15) is 0 Å². The van der Waals surface area contributed by atoms with Gasteiger partial charge in [0.2, 0.25) is 0 Å². The molecule has 1 aliphatic rings. The zero-order chi connectivity index (χ0) is 14.1. The minimum Gasteiger partial charge on any atom is -0.308 e. The highest BCUT2D eigenvalue weighted by Crippen LogP contribution is 2.32. The van der Waals surface area contributed by atoms with E-state index in [0.717, 1.165) is 11.3 Å². The van der Waals surface area contributed by atoms with E-state index >= 15 is 0 Å². The molecule has 0 aromatic heterocycles. The Morgan fingerprint density at radius 3 is 2.60 bits per heavy atom. The number of anilines is 1. The van der Waals surface area contributed by atoms with E-state index in [2.05, 4.69) is 0 Å². The number of carbonyl (C=O) groups excluding carboxylic acids is 1. The van der Waals surface area contributed by atoms with E-state index in [1.807, 2.05) is 18.2 Å². The van der Waals surface area contributed by atoms with Crippen LogP contribution in [0.2, 0.25) is 0 Å². The summed E-state index contributed by atoms with van der Waals surface area (Å²) >= 11 is 0. The van der Waals surface area contributed by atoms with Crippen molar-refractivity contribution in [1.82, 2.24) is 0 Å². The van der Waals surface area contributed by atoms with Crippen LogP contribution in [0.5, 0.6) is 0 Å². The van der Waals surface area contributed by atoms with E-state index in [1.54, 1.807) is 29.2 Å². The third kappa shape index (κ3) is 2.03. The van der Waals surface area contributed by atoms with E-state index < -0.39 is 4.92 Å². The summed E-state index contributed by atoms with van der Waals surface area (Å²) in [5.74, 6) is -0.0711. The highest BCUT2D eigenvalue weighted by Gasteiger charge is 2.26. The first-order chi connectivity index (χ1) is 9.66. The number of benzene rings is 2. The summed E-state index contributed by atoms with van der Waals surface area (Å²) in [7, 11) is 0. The molecule has 0 saturated carbocycles. The molecule has 1 amide bonds. The zero-order valence-electron chi connectivity index (χ0n) is 10.7. The second kappa shape index (κ2) is 4.77. The molecular weight excluding hydrogens is 256 g/mol. The smallest absolute Gasteiger partial charge is 0.269 e. The Morgan fingerprint density at radius 1 is 1.15 bits per heavy atom. The Balaban J connectivity index is 1.94. The van der Waals surface area contributed by atoms with Gasteiger partial charge in [-0.1, -0.05) is 18.2 Å². The molecule has 100 valence electrons. The van der Waals surface area contributed by atoms with Gasteiger partial charge in [-0.25, -0.2) is 0 Å². The Kier molecular flexibility index (Phi) is 2.95. The lowest BCUT2D eigenvalue weighted by Gasteiger charge is -2.17. The van der Waals surface area contributed by atoms with Gasteiger partial charge >= 0.3 is 0 Å². The number of nitro groups is 1. The number of fused-ring (bicyclic) bond motifs is 1. The molecule has 0 unspecified atom stereocenters. The van der Waals surface area contributed by atoms with Gasteiger partial charge < -0.3 is 4.90 Å². The summed E-state index contributed by atoms with van der Waals surface area (Å²) < 4.78 is 0. The van der Waals surface area contributed by atoms with Crippen LogP contribution in [-0.2, 0) is 6.42 Å². The van der Waals surface area contributed by atoms with Crippen molar-refractivity contribution in [2.45, 2.75) is 6.42 Å². The van der Waals surface area contributed by atoms with Gasteiger partial charge in [-0.3, -0.25) is 14.9 Å². The third-order valence-electron chi connectivity index (χ3n) is 3.44. The molecule has 2 aromatic carbocycles. The molecule has 1 heterocycles.